The van der Waals surface area contributed by atoms with Crippen molar-refractivity contribution < 1.29 is 13.7 Å². The number of rotatable bonds is 5. The van der Waals surface area contributed by atoms with Crippen molar-refractivity contribution in [1.82, 2.24) is 15.5 Å². The van der Waals surface area contributed by atoms with Crippen LogP contribution in [0, 0.1) is 0 Å². The van der Waals surface area contributed by atoms with E-state index >= 15 is 0 Å². The standard InChI is InChI=1S/C16H32N4O3S/c1-6-23-15(21)20-10-7-13(8-11-20)19-14(17-5)18-9-12-24(22)16(2,3)4/h13H,6-12H2,1-5H3,(H2,17,18,19). The van der Waals surface area contributed by atoms with E-state index in [2.05, 4.69) is 15.6 Å². The third-order valence-electron chi connectivity index (χ3n) is 3.85. The number of nitrogens with zero attached hydrogens (tertiary/aromatic N) is 2. The van der Waals surface area contributed by atoms with Gasteiger partial charge in [-0.25, -0.2) is 4.79 Å². The number of likely N-dealkylation sites (tertiary alicyclic amines) is 1. The minimum absolute atomic E-state index is 0.196. The van der Waals surface area contributed by atoms with Gasteiger partial charge in [0.15, 0.2) is 5.96 Å². The van der Waals surface area contributed by atoms with E-state index in [0.29, 0.717) is 32.0 Å². The molecule has 1 unspecified atom stereocenters. The summed E-state index contributed by atoms with van der Waals surface area (Å²) in [6, 6.07) is 0.273. The smallest absolute Gasteiger partial charge is 0.409 e. The molecule has 2 N–H and O–H groups in total. The maximum Gasteiger partial charge on any atom is 0.409 e. The second kappa shape index (κ2) is 9.86. The number of guanidine groups is 1. The molecule has 0 saturated carbocycles. The molecule has 1 aliphatic rings. The molecule has 140 valence electrons. The van der Waals surface area contributed by atoms with Crippen LogP contribution in [-0.2, 0) is 15.5 Å². The number of ether oxygens (including phenoxy) is 1. The molecule has 0 aromatic heterocycles. The number of hydrogen-bond acceptors (Lipinski definition) is 4. The van der Waals surface area contributed by atoms with E-state index < -0.39 is 10.8 Å². The lowest BCUT2D eigenvalue weighted by Gasteiger charge is -2.32. The molecule has 1 aliphatic heterocycles. The van der Waals surface area contributed by atoms with E-state index in [1.165, 1.54) is 0 Å². The minimum Gasteiger partial charge on any atom is -0.450 e. The Balaban J connectivity index is 2.32. The van der Waals surface area contributed by atoms with Crippen molar-refractivity contribution in [2.45, 2.75) is 51.3 Å². The average molecular weight is 361 g/mol. The highest BCUT2D eigenvalue weighted by atomic mass is 32.2. The third kappa shape index (κ3) is 7.07. The Labute approximate surface area is 148 Å². The fourth-order valence-corrected chi connectivity index (χ4v) is 3.28. The van der Waals surface area contributed by atoms with Crippen LogP contribution >= 0.6 is 0 Å². The van der Waals surface area contributed by atoms with Gasteiger partial charge in [-0.15, -0.1) is 0 Å². The largest absolute Gasteiger partial charge is 0.450 e. The van der Waals surface area contributed by atoms with E-state index in [-0.39, 0.29) is 16.9 Å². The summed E-state index contributed by atoms with van der Waals surface area (Å²) in [6.07, 6.45) is 1.48. The molecule has 0 bridgehead atoms. The minimum atomic E-state index is -0.878. The van der Waals surface area contributed by atoms with Gasteiger partial charge in [0, 0.05) is 54.0 Å². The average Bonchev–Trinajstić information content (AvgIpc) is 2.53. The molecule has 0 spiro atoms. The molecule has 1 fully saturated rings. The number of amides is 1. The fraction of sp³-hybridized carbons (Fsp3) is 0.875. The SMILES string of the molecule is CCOC(=O)N1CCC(NC(=NC)NCCS(=O)C(C)(C)C)CC1. The summed E-state index contributed by atoms with van der Waals surface area (Å²) in [5.41, 5.74) is 0. The molecule has 0 aromatic rings. The fourth-order valence-electron chi connectivity index (χ4n) is 2.38. The first kappa shape index (κ1) is 20.7. The van der Waals surface area contributed by atoms with E-state index in [0.717, 1.165) is 18.8 Å². The summed E-state index contributed by atoms with van der Waals surface area (Å²) in [7, 11) is 0.848. The maximum atomic E-state index is 12.0. The van der Waals surface area contributed by atoms with Crippen LogP contribution < -0.4 is 10.6 Å². The highest BCUT2D eigenvalue weighted by molar-refractivity contribution is 7.86. The Morgan fingerprint density at radius 1 is 1.33 bits per heavy atom. The van der Waals surface area contributed by atoms with Crippen LogP contribution in [-0.4, -0.2) is 71.0 Å². The lowest BCUT2D eigenvalue weighted by molar-refractivity contribution is 0.0963. The second-order valence-corrected chi connectivity index (χ2v) is 9.09. The Morgan fingerprint density at radius 2 is 1.96 bits per heavy atom. The van der Waals surface area contributed by atoms with Crippen LogP contribution in [0.15, 0.2) is 4.99 Å². The van der Waals surface area contributed by atoms with Gasteiger partial charge in [-0.2, -0.15) is 0 Å². The predicted octanol–water partition coefficient (Wildman–Crippen LogP) is 1.32. The highest BCUT2D eigenvalue weighted by Crippen LogP contribution is 2.12. The molecule has 0 radical (unpaired) electrons. The van der Waals surface area contributed by atoms with Gasteiger partial charge in [-0.1, -0.05) is 0 Å². The number of carbonyl (C=O) groups excluding carboxylic acids is 1. The zero-order valence-corrected chi connectivity index (χ0v) is 16.4. The molecular weight excluding hydrogens is 328 g/mol. The number of hydrogen-bond donors (Lipinski definition) is 2. The summed E-state index contributed by atoms with van der Waals surface area (Å²) in [5, 5.41) is 6.59. The lowest BCUT2D eigenvalue weighted by atomic mass is 10.1. The molecule has 1 atom stereocenters. The van der Waals surface area contributed by atoms with E-state index in [1.807, 2.05) is 27.7 Å². The molecule has 8 heteroatoms. The third-order valence-corrected chi connectivity index (χ3v) is 5.79. The highest BCUT2D eigenvalue weighted by Gasteiger charge is 2.24. The number of nitrogens with one attached hydrogen (secondary N) is 2. The first-order chi connectivity index (χ1) is 11.3. The van der Waals surface area contributed by atoms with Crippen LogP contribution in [0.4, 0.5) is 4.79 Å². The molecule has 1 heterocycles. The summed E-state index contributed by atoms with van der Waals surface area (Å²) in [6.45, 7) is 10.1. The quantitative estimate of drug-likeness (QED) is 0.571. The van der Waals surface area contributed by atoms with Crippen LogP contribution in [0.5, 0.6) is 0 Å². The molecule has 1 saturated heterocycles. The van der Waals surface area contributed by atoms with Crippen LogP contribution in [0.3, 0.4) is 0 Å². The number of carbonyl (C=O) groups is 1. The zero-order chi connectivity index (χ0) is 18.2. The lowest BCUT2D eigenvalue weighted by Crippen LogP contribution is -2.50. The topological polar surface area (TPSA) is 83.0 Å². The van der Waals surface area contributed by atoms with Gasteiger partial charge in [0.05, 0.1) is 6.61 Å². The summed E-state index contributed by atoms with van der Waals surface area (Å²) in [4.78, 5) is 17.6. The van der Waals surface area contributed by atoms with Gasteiger partial charge in [-0.3, -0.25) is 9.20 Å². The molecule has 1 rings (SSSR count). The first-order valence-electron chi connectivity index (χ1n) is 8.55. The Kier molecular flexibility index (Phi) is 8.52. The van der Waals surface area contributed by atoms with E-state index in [9.17, 15) is 9.00 Å². The van der Waals surface area contributed by atoms with Gasteiger partial charge in [-0.05, 0) is 40.5 Å². The predicted molar refractivity (Wildman–Crippen MR) is 98.9 cm³/mol. The van der Waals surface area contributed by atoms with Crippen molar-refractivity contribution in [3.8, 4) is 0 Å². The van der Waals surface area contributed by atoms with Gasteiger partial charge in [0.25, 0.3) is 0 Å². The summed E-state index contributed by atoms with van der Waals surface area (Å²) < 4.78 is 16.9. The van der Waals surface area contributed by atoms with Crippen molar-refractivity contribution >= 4 is 22.9 Å². The molecule has 7 nitrogen and oxygen atoms in total. The monoisotopic (exact) mass is 360 g/mol. The van der Waals surface area contributed by atoms with Gasteiger partial charge < -0.3 is 20.3 Å². The number of aliphatic imine (C=N–C) groups is 1. The molecule has 0 aromatic carbocycles. The maximum absolute atomic E-state index is 12.0. The van der Waals surface area contributed by atoms with E-state index in [4.69, 9.17) is 4.74 Å². The van der Waals surface area contributed by atoms with Gasteiger partial charge in [0.1, 0.15) is 0 Å². The number of piperidine rings is 1. The summed E-state index contributed by atoms with van der Waals surface area (Å²) in [5.74, 6) is 1.31. The van der Waals surface area contributed by atoms with Crippen LogP contribution in [0.1, 0.15) is 40.5 Å². The Morgan fingerprint density at radius 3 is 2.46 bits per heavy atom. The summed E-state index contributed by atoms with van der Waals surface area (Å²) >= 11 is 0. The first-order valence-corrected chi connectivity index (χ1v) is 9.87. The molecule has 1 amide bonds. The Hall–Kier alpha value is -1.31. The normalized spacial score (nSPS) is 18.2. The van der Waals surface area contributed by atoms with Crippen molar-refractivity contribution in [2.75, 3.05) is 39.0 Å². The van der Waals surface area contributed by atoms with Crippen molar-refractivity contribution in [1.29, 1.82) is 0 Å². The molecular formula is C16H32N4O3S. The molecule has 0 aliphatic carbocycles. The van der Waals surface area contributed by atoms with Crippen molar-refractivity contribution in [3.63, 3.8) is 0 Å². The van der Waals surface area contributed by atoms with Crippen molar-refractivity contribution in [3.05, 3.63) is 0 Å². The van der Waals surface area contributed by atoms with Crippen molar-refractivity contribution in [2.24, 2.45) is 4.99 Å². The van der Waals surface area contributed by atoms with Gasteiger partial charge >= 0.3 is 6.09 Å². The molecule has 24 heavy (non-hydrogen) atoms. The van der Waals surface area contributed by atoms with Crippen LogP contribution in [0.25, 0.3) is 0 Å². The zero-order valence-electron chi connectivity index (χ0n) is 15.6. The second-order valence-electron chi connectivity index (χ2n) is 6.77. The van der Waals surface area contributed by atoms with Gasteiger partial charge in [0.2, 0.25) is 0 Å². The van der Waals surface area contributed by atoms with E-state index in [1.54, 1.807) is 11.9 Å². The van der Waals surface area contributed by atoms with Crippen LogP contribution in [0.2, 0.25) is 0 Å². The Bertz CT molecular complexity index is 455.